The maximum absolute atomic E-state index is 10.3. The van der Waals surface area contributed by atoms with Gasteiger partial charge in [0.1, 0.15) is 5.75 Å². The molecule has 132 valence electrons. The van der Waals surface area contributed by atoms with E-state index in [4.69, 9.17) is 9.98 Å². The molecule has 0 amide bonds. The lowest BCUT2D eigenvalue weighted by molar-refractivity contribution is 0.473. The molecular weight excluding hydrogens is 402 g/mol. The lowest BCUT2D eigenvalue weighted by atomic mass is 9.95. The number of fused-ring (bicyclic) bond motifs is 3. The molecule has 2 heterocycles. The number of benzene rings is 3. The second-order valence-electron chi connectivity index (χ2n) is 6.62. The second-order valence-corrected chi connectivity index (χ2v) is 7.53. The van der Waals surface area contributed by atoms with Gasteiger partial charge in [-0.05, 0) is 42.0 Å². The molecule has 3 aromatic carbocycles. The number of para-hydroxylation sites is 3. The van der Waals surface area contributed by atoms with Crippen LogP contribution >= 0.6 is 15.9 Å². The highest BCUT2D eigenvalue weighted by atomic mass is 79.9. The lowest BCUT2D eigenvalue weighted by Gasteiger charge is -2.26. The van der Waals surface area contributed by atoms with Gasteiger partial charge >= 0.3 is 0 Å². The van der Waals surface area contributed by atoms with Crippen LogP contribution in [0.4, 0.5) is 5.95 Å². The maximum atomic E-state index is 10.3. The summed E-state index contributed by atoms with van der Waals surface area (Å²) < 4.78 is 3.24. The Morgan fingerprint density at radius 3 is 2.48 bits per heavy atom. The molecule has 4 aromatic rings. The first-order valence-corrected chi connectivity index (χ1v) is 9.58. The molecule has 1 aliphatic rings. The van der Waals surface area contributed by atoms with Crippen LogP contribution in [0.5, 0.6) is 5.75 Å². The number of aromatic hydroxyl groups is 1. The number of rotatable bonds is 2. The van der Waals surface area contributed by atoms with Crippen molar-refractivity contribution < 1.29 is 5.11 Å². The van der Waals surface area contributed by atoms with Gasteiger partial charge in [0.25, 0.3) is 0 Å². The summed E-state index contributed by atoms with van der Waals surface area (Å²) in [5.74, 6) is 0.920. The average molecular weight is 418 g/mol. The average Bonchev–Trinajstić information content (AvgIpc) is 3.07. The summed E-state index contributed by atoms with van der Waals surface area (Å²) in [5, 5.41) is 10.3. The van der Waals surface area contributed by atoms with Gasteiger partial charge in [0.2, 0.25) is 5.95 Å². The number of halogens is 1. The van der Waals surface area contributed by atoms with E-state index >= 15 is 0 Å². The van der Waals surface area contributed by atoms with Crippen LogP contribution in [0.2, 0.25) is 0 Å². The van der Waals surface area contributed by atoms with E-state index in [9.17, 15) is 5.11 Å². The Kier molecular flexibility index (Phi) is 3.83. The van der Waals surface area contributed by atoms with Gasteiger partial charge in [0.05, 0.1) is 22.8 Å². The molecule has 0 radical (unpaired) electrons. The Balaban J connectivity index is 1.74. The first kappa shape index (κ1) is 16.3. The minimum absolute atomic E-state index is 0.0626. The summed E-state index contributed by atoms with van der Waals surface area (Å²) in [6.07, 6.45) is 0.687. The van der Waals surface area contributed by atoms with Crippen LogP contribution in [-0.4, -0.2) is 20.4 Å². The summed E-state index contributed by atoms with van der Waals surface area (Å²) in [5.41, 5.74) is 4.80. The lowest BCUT2D eigenvalue weighted by Crippen LogP contribution is -2.20. The van der Waals surface area contributed by atoms with Crippen LogP contribution in [0.3, 0.4) is 0 Å². The number of hydrogen-bond acceptors (Lipinski definition) is 3. The van der Waals surface area contributed by atoms with Gasteiger partial charge in [-0.1, -0.05) is 52.3 Å². The molecule has 5 heteroatoms. The zero-order chi connectivity index (χ0) is 18.4. The van der Waals surface area contributed by atoms with E-state index in [1.165, 1.54) is 5.56 Å². The van der Waals surface area contributed by atoms with Crippen molar-refractivity contribution >= 4 is 38.6 Å². The molecule has 0 fully saturated rings. The quantitative estimate of drug-likeness (QED) is 0.460. The molecule has 5 rings (SSSR count). The number of aliphatic imine (C=N–C) groups is 1. The Morgan fingerprint density at radius 1 is 0.926 bits per heavy atom. The van der Waals surface area contributed by atoms with Crippen LogP contribution in [0.1, 0.15) is 23.6 Å². The third kappa shape index (κ3) is 2.75. The summed E-state index contributed by atoms with van der Waals surface area (Å²) in [6, 6.07) is 23.9. The standard InChI is InChI=1S/C22H16BrN3O/c23-15-11-9-14(10-12-15)20-13-18(16-5-1-4-8-21(16)27)25-22-24-17-6-2-3-7-19(17)26(20)22/h1-12,20,27H,13H2/t20-/m1/s1. The Labute approximate surface area is 165 Å². The van der Waals surface area contributed by atoms with E-state index in [-0.39, 0.29) is 11.8 Å². The van der Waals surface area contributed by atoms with Gasteiger partial charge in [-0.3, -0.25) is 0 Å². The summed E-state index contributed by atoms with van der Waals surface area (Å²) in [4.78, 5) is 9.54. The van der Waals surface area contributed by atoms with E-state index in [0.717, 1.165) is 26.8 Å². The molecule has 0 saturated heterocycles. The highest BCUT2D eigenvalue weighted by Gasteiger charge is 2.28. The molecule has 0 unspecified atom stereocenters. The minimum Gasteiger partial charge on any atom is -0.507 e. The van der Waals surface area contributed by atoms with Gasteiger partial charge in [-0.25, -0.2) is 9.98 Å². The van der Waals surface area contributed by atoms with Gasteiger partial charge in [-0.15, -0.1) is 0 Å². The Morgan fingerprint density at radius 2 is 1.67 bits per heavy atom. The molecular formula is C22H16BrN3O. The minimum atomic E-state index is 0.0626. The number of aromatic nitrogens is 2. The van der Waals surface area contributed by atoms with Crippen molar-refractivity contribution in [3.8, 4) is 5.75 Å². The van der Waals surface area contributed by atoms with E-state index in [0.29, 0.717) is 12.4 Å². The fraction of sp³-hybridized carbons (Fsp3) is 0.0909. The molecule has 0 bridgehead atoms. The summed E-state index contributed by atoms with van der Waals surface area (Å²) >= 11 is 3.52. The predicted octanol–water partition coefficient (Wildman–Crippen LogP) is 5.62. The Bertz CT molecular complexity index is 1180. The van der Waals surface area contributed by atoms with E-state index < -0.39 is 0 Å². The molecule has 1 N–H and O–H groups in total. The third-order valence-corrected chi connectivity index (χ3v) is 5.51. The van der Waals surface area contributed by atoms with Gasteiger partial charge in [-0.2, -0.15) is 0 Å². The number of hydrogen-bond donors (Lipinski definition) is 1. The number of phenols is 1. The van der Waals surface area contributed by atoms with E-state index in [1.807, 2.05) is 36.4 Å². The zero-order valence-corrected chi connectivity index (χ0v) is 16.0. The van der Waals surface area contributed by atoms with Crippen molar-refractivity contribution in [1.29, 1.82) is 0 Å². The molecule has 0 saturated carbocycles. The largest absolute Gasteiger partial charge is 0.507 e. The zero-order valence-electron chi connectivity index (χ0n) is 14.4. The fourth-order valence-corrected chi connectivity index (χ4v) is 3.96. The van der Waals surface area contributed by atoms with Gasteiger partial charge in [0.15, 0.2) is 0 Å². The molecule has 1 atom stereocenters. The predicted molar refractivity (Wildman–Crippen MR) is 111 cm³/mol. The molecule has 4 nitrogen and oxygen atoms in total. The summed E-state index contributed by atoms with van der Waals surface area (Å²) in [7, 11) is 0. The summed E-state index contributed by atoms with van der Waals surface area (Å²) in [6.45, 7) is 0. The number of imidazole rings is 1. The van der Waals surface area contributed by atoms with Crippen LogP contribution in [0.15, 0.2) is 82.3 Å². The number of nitrogens with zero attached hydrogens (tertiary/aromatic N) is 3. The van der Waals surface area contributed by atoms with Crippen molar-refractivity contribution in [3.05, 3.63) is 88.4 Å². The smallest absolute Gasteiger partial charge is 0.231 e. The Hall–Kier alpha value is -2.92. The van der Waals surface area contributed by atoms with Crippen LogP contribution in [0.25, 0.3) is 11.0 Å². The van der Waals surface area contributed by atoms with Crippen LogP contribution < -0.4 is 0 Å². The van der Waals surface area contributed by atoms with Crippen molar-refractivity contribution in [2.24, 2.45) is 4.99 Å². The first-order valence-electron chi connectivity index (χ1n) is 8.79. The third-order valence-electron chi connectivity index (χ3n) is 4.98. The molecule has 0 aliphatic carbocycles. The topological polar surface area (TPSA) is 50.4 Å². The molecule has 0 spiro atoms. The van der Waals surface area contributed by atoms with Crippen molar-refractivity contribution in [3.63, 3.8) is 0 Å². The second kappa shape index (κ2) is 6.35. The number of phenolic OH excluding ortho intramolecular Hbond substituents is 1. The van der Waals surface area contributed by atoms with Crippen molar-refractivity contribution in [2.45, 2.75) is 12.5 Å². The molecule has 27 heavy (non-hydrogen) atoms. The first-order chi connectivity index (χ1) is 13.2. The van der Waals surface area contributed by atoms with Gasteiger partial charge < -0.3 is 9.67 Å². The van der Waals surface area contributed by atoms with Gasteiger partial charge in [0, 0.05) is 16.5 Å². The van der Waals surface area contributed by atoms with Crippen molar-refractivity contribution in [1.82, 2.24) is 9.55 Å². The van der Waals surface area contributed by atoms with E-state index in [1.54, 1.807) is 6.07 Å². The molecule has 1 aliphatic heterocycles. The normalized spacial score (nSPS) is 16.2. The SMILES string of the molecule is Oc1ccccc1C1=Nc2nc3ccccc3n2[C@@H](c2ccc(Br)cc2)C1. The highest BCUT2D eigenvalue weighted by molar-refractivity contribution is 9.10. The maximum Gasteiger partial charge on any atom is 0.231 e. The monoisotopic (exact) mass is 417 g/mol. The van der Waals surface area contributed by atoms with Crippen molar-refractivity contribution in [2.75, 3.05) is 0 Å². The van der Waals surface area contributed by atoms with Crippen LogP contribution in [0, 0.1) is 0 Å². The fourth-order valence-electron chi connectivity index (χ4n) is 3.70. The molecule has 1 aromatic heterocycles. The highest BCUT2D eigenvalue weighted by Crippen LogP contribution is 2.38. The van der Waals surface area contributed by atoms with E-state index in [2.05, 4.69) is 50.8 Å². The van der Waals surface area contributed by atoms with Crippen LogP contribution in [-0.2, 0) is 0 Å².